The highest BCUT2D eigenvalue weighted by Gasteiger charge is 2.00. The van der Waals surface area contributed by atoms with Crippen molar-refractivity contribution in [1.29, 1.82) is 5.41 Å². The van der Waals surface area contributed by atoms with Crippen LogP contribution in [0.3, 0.4) is 0 Å². The average Bonchev–Trinajstić information content (AvgIpc) is 2.37. The van der Waals surface area contributed by atoms with Gasteiger partial charge in [-0.05, 0) is 29.8 Å². The molecule has 5 heteroatoms. The van der Waals surface area contributed by atoms with Gasteiger partial charge in [0, 0.05) is 5.56 Å². The maximum atomic E-state index is 13.0. The van der Waals surface area contributed by atoms with Crippen LogP contribution in [0.2, 0.25) is 0 Å². The fourth-order valence-corrected chi connectivity index (χ4v) is 1.55. The number of nitrogens with one attached hydrogen (secondary N) is 1. The summed E-state index contributed by atoms with van der Waals surface area (Å²) >= 11 is 0. The van der Waals surface area contributed by atoms with Crippen LogP contribution < -0.4 is 10.5 Å². The second-order valence-electron chi connectivity index (χ2n) is 3.86. The van der Waals surface area contributed by atoms with Crippen molar-refractivity contribution in [3.63, 3.8) is 0 Å². The summed E-state index contributed by atoms with van der Waals surface area (Å²) in [6, 6.07) is 13.2. The molecule has 100 valence electrons. The summed E-state index contributed by atoms with van der Waals surface area (Å²) in [4.78, 5) is 0. The van der Waals surface area contributed by atoms with Crippen LogP contribution in [0.1, 0.15) is 11.1 Å². The van der Waals surface area contributed by atoms with Crippen LogP contribution in [0.15, 0.2) is 48.5 Å². The molecule has 3 nitrogen and oxygen atoms in total. The van der Waals surface area contributed by atoms with Crippen LogP contribution >= 0.6 is 12.4 Å². The van der Waals surface area contributed by atoms with E-state index in [4.69, 9.17) is 15.9 Å². The quantitative estimate of drug-likeness (QED) is 0.668. The molecule has 0 saturated carbocycles. The highest BCUT2D eigenvalue weighted by atomic mass is 35.5. The molecule has 2 aromatic carbocycles. The van der Waals surface area contributed by atoms with Gasteiger partial charge in [0.25, 0.3) is 0 Å². The molecule has 2 rings (SSSR count). The predicted molar refractivity (Wildman–Crippen MR) is 75.4 cm³/mol. The van der Waals surface area contributed by atoms with E-state index >= 15 is 0 Å². The topological polar surface area (TPSA) is 59.1 Å². The molecule has 0 radical (unpaired) electrons. The largest absolute Gasteiger partial charge is 0.489 e. The molecule has 0 bridgehead atoms. The van der Waals surface area contributed by atoms with E-state index in [1.807, 2.05) is 0 Å². The summed E-state index contributed by atoms with van der Waals surface area (Å²) in [6.07, 6.45) is 0. The van der Waals surface area contributed by atoms with Gasteiger partial charge in [0.1, 0.15) is 24.0 Å². The molecule has 0 aromatic heterocycles. The first-order valence-electron chi connectivity index (χ1n) is 5.47. The van der Waals surface area contributed by atoms with Gasteiger partial charge in [-0.15, -0.1) is 12.4 Å². The number of nitrogen functional groups attached to an aromatic ring is 1. The highest BCUT2D eigenvalue weighted by Crippen LogP contribution is 2.15. The molecule has 2 aromatic rings. The van der Waals surface area contributed by atoms with Gasteiger partial charge >= 0.3 is 0 Å². The zero-order chi connectivity index (χ0) is 13.0. The summed E-state index contributed by atoms with van der Waals surface area (Å²) in [7, 11) is 0. The zero-order valence-corrected chi connectivity index (χ0v) is 10.9. The van der Waals surface area contributed by atoms with Gasteiger partial charge in [-0.25, -0.2) is 4.39 Å². The maximum absolute atomic E-state index is 13.0. The Morgan fingerprint density at radius 3 is 2.58 bits per heavy atom. The molecule has 0 amide bonds. The van der Waals surface area contributed by atoms with Crippen LogP contribution in [0, 0.1) is 11.2 Å². The van der Waals surface area contributed by atoms with Crippen LogP contribution in [-0.4, -0.2) is 5.84 Å². The van der Waals surface area contributed by atoms with Crippen molar-refractivity contribution in [1.82, 2.24) is 0 Å². The van der Waals surface area contributed by atoms with E-state index in [-0.39, 0.29) is 30.7 Å². The van der Waals surface area contributed by atoms with Crippen molar-refractivity contribution in [2.75, 3.05) is 0 Å². The molecule has 19 heavy (non-hydrogen) atoms. The second kappa shape index (κ2) is 6.75. The van der Waals surface area contributed by atoms with Crippen molar-refractivity contribution < 1.29 is 9.13 Å². The lowest BCUT2D eigenvalue weighted by Crippen LogP contribution is -2.10. The van der Waals surface area contributed by atoms with Gasteiger partial charge in [0.2, 0.25) is 0 Å². The first-order chi connectivity index (χ1) is 8.65. The monoisotopic (exact) mass is 280 g/mol. The van der Waals surface area contributed by atoms with E-state index in [0.717, 1.165) is 5.56 Å². The van der Waals surface area contributed by atoms with E-state index in [1.165, 1.54) is 12.1 Å². The number of ether oxygens (including phenoxy) is 1. The molecule has 0 aliphatic carbocycles. The van der Waals surface area contributed by atoms with Gasteiger partial charge in [-0.2, -0.15) is 0 Å². The minimum atomic E-state index is -0.284. The van der Waals surface area contributed by atoms with Gasteiger partial charge in [0.15, 0.2) is 0 Å². The lowest BCUT2D eigenvalue weighted by molar-refractivity contribution is 0.305. The molecule has 0 unspecified atom stereocenters. The Morgan fingerprint density at radius 2 is 1.89 bits per heavy atom. The average molecular weight is 281 g/mol. The van der Waals surface area contributed by atoms with Gasteiger partial charge in [0.05, 0.1) is 0 Å². The third-order valence-electron chi connectivity index (χ3n) is 2.44. The summed E-state index contributed by atoms with van der Waals surface area (Å²) in [5.41, 5.74) is 6.74. The number of rotatable bonds is 4. The van der Waals surface area contributed by atoms with Gasteiger partial charge in [-0.3, -0.25) is 5.41 Å². The van der Waals surface area contributed by atoms with E-state index in [1.54, 1.807) is 36.4 Å². The Morgan fingerprint density at radius 1 is 1.16 bits per heavy atom. The summed E-state index contributed by atoms with van der Waals surface area (Å²) in [6.45, 7) is 0.277. The smallest absolute Gasteiger partial charge is 0.123 e. The third kappa shape index (κ3) is 4.26. The Bertz CT molecular complexity index is 575. The van der Waals surface area contributed by atoms with Crippen molar-refractivity contribution in [2.24, 2.45) is 5.73 Å². The lowest BCUT2D eigenvalue weighted by atomic mass is 10.2. The minimum absolute atomic E-state index is 0. The Hall–Kier alpha value is -2.07. The number of hydrogen-bond acceptors (Lipinski definition) is 2. The van der Waals surface area contributed by atoms with Crippen LogP contribution in [0.5, 0.6) is 5.75 Å². The summed E-state index contributed by atoms with van der Waals surface area (Å²) < 4.78 is 18.5. The molecule has 3 N–H and O–H groups in total. The molecule has 0 saturated heterocycles. The van der Waals surface area contributed by atoms with Gasteiger partial charge in [-0.1, -0.05) is 24.3 Å². The highest BCUT2D eigenvalue weighted by molar-refractivity contribution is 5.95. The van der Waals surface area contributed by atoms with E-state index in [9.17, 15) is 4.39 Å². The number of benzene rings is 2. The first-order valence-corrected chi connectivity index (χ1v) is 5.47. The molecular weight excluding hydrogens is 267 g/mol. The standard InChI is InChI=1S/C14H13FN2O.ClH/c15-12-5-1-3-10(7-12)9-18-13-6-2-4-11(8-13)14(16)17;/h1-8H,9H2,(H3,16,17);1H. The number of halogens is 2. The van der Waals surface area contributed by atoms with Gasteiger partial charge < -0.3 is 10.5 Å². The number of nitrogens with two attached hydrogens (primary N) is 1. The molecule has 0 heterocycles. The van der Waals surface area contributed by atoms with E-state index in [0.29, 0.717) is 11.3 Å². The van der Waals surface area contributed by atoms with E-state index < -0.39 is 0 Å². The van der Waals surface area contributed by atoms with Crippen LogP contribution in [-0.2, 0) is 6.61 Å². The molecule has 0 aliphatic heterocycles. The van der Waals surface area contributed by atoms with Crippen LogP contribution in [0.4, 0.5) is 4.39 Å². The summed E-state index contributed by atoms with van der Waals surface area (Å²) in [5, 5.41) is 7.33. The third-order valence-corrected chi connectivity index (χ3v) is 2.44. The van der Waals surface area contributed by atoms with E-state index in [2.05, 4.69) is 0 Å². The lowest BCUT2D eigenvalue weighted by Gasteiger charge is -2.07. The zero-order valence-electron chi connectivity index (χ0n) is 10.1. The Kier molecular flexibility index (Phi) is 5.33. The SMILES string of the molecule is Cl.N=C(N)c1cccc(OCc2cccc(F)c2)c1. The number of amidine groups is 1. The van der Waals surface area contributed by atoms with Crippen molar-refractivity contribution in [3.05, 3.63) is 65.5 Å². The number of hydrogen-bond donors (Lipinski definition) is 2. The molecule has 0 fully saturated rings. The van der Waals surface area contributed by atoms with Crippen molar-refractivity contribution in [2.45, 2.75) is 6.61 Å². The van der Waals surface area contributed by atoms with Crippen molar-refractivity contribution in [3.8, 4) is 5.75 Å². The fraction of sp³-hybridized carbons (Fsp3) is 0.0714. The second-order valence-corrected chi connectivity index (χ2v) is 3.86. The molecular formula is C14H14ClFN2O. The maximum Gasteiger partial charge on any atom is 0.123 e. The minimum Gasteiger partial charge on any atom is -0.489 e. The normalized spacial score (nSPS) is 9.53. The Labute approximate surface area is 117 Å². The Balaban J connectivity index is 0.00000180. The molecule has 0 atom stereocenters. The first kappa shape index (κ1) is 15.0. The van der Waals surface area contributed by atoms with Crippen molar-refractivity contribution >= 4 is 18.2 Å². The molecule has 0 spiro atoms. The summed E-state index contributed by atoms with van der Waals surface area (Å²) in [5.74, 6) is 0.312. The van der Waals surface area contributed by atoms with Crippen LogP contribution in [0.25, 0.3) is 0 Å². The fourth-order valence-electron chi connectivity index (χ4n) is 1.55. The molecule has 0 aliphatic rings. The predicted octanol–water partition coefficient (Wildman–Crippen LogP) is 3.11.